The summed E-state index contributed by atoms with van der Waals surface area (Å²) in [7, 11) is 1.54. The fourth-order valence-corrected chi connectivity index (χ4v) is 5.33. The summed E-state index contributed by atoms with van der Waals surface area (Å²) in [6.07, 6.45) is 2.56. The summed E-state index contributed by atoms with van der Waals surface area (Å²) in [6, 6.07) is 12.1. The van der Waals surface area contributed by atoms with E-state index in [1.165, 1.54) is 18.4 Å². The quantitative estimate of drug-likeness (QED) is 0.520. The maximum absolute atomic E-state index is 13.2. The molecule has 0 aromatic heterocycles. The summed E-state index contributed by atoms with van der Waals surface area (Å²) in [5.74, 6) is -0.432. The molecule has 1 N–H and O–H groups in total. The largest absolute Gasteiger partial charge is 0.497 e. The van der Waals surface area contributed by atoms with Crippen molar-refractivity contribution in [2.24, 2.45) is 0 Å². The lowest BCUT2D eigenvalue weighted by atomic mass is 9.78. The molecule has 0 unspecified atom stereocenters. The number of benzene rings is 2. The second kappa shape index (κ2) is 8.63. The molecule has 1 atom stereocenters. The number of carbonyl (C=O) groups is 3. The van der Waals surface area contributed by atoms with Gasteiger partial charge in [0.2, 0.25) is 0 Å². The lowest BCUT2D eigenvalue weighted by molar-refractivity contribution is -0.122. The Morgan fingerprint density at radius 1 is 1.09 bits per heavy atom. The SMILES string of the molecule is COc1ccc(N2C(=O)NC(=O)/C(=C\c3ccc4c(c3)[C@@H](C)CC(C)(C)N4C(C)C)C2=O)cc1. The molecule has 4 rings (SSSR count). The number of ether oxygens (including phenoxy) is 1. The first-order valence-corrected chi connectivity index (χ1v) is 11.5. The molecule has 2 aromatic carbocycles. The molecule has 0 saturated carbocycles. The Bertz CT molecular complexity index is 1180. The van der Waals surface area contributed by atoms with Crippen LogP contribution >= 0.6 is 0 Å². The summed E-state index contributed by atoms with van der Waals surface area (Å²) in [5.41, 5.74) is 3.41. The van der Waals surface area contributed by atoms with Gasteiger partial charge in [-0.1, -0.05) is 13.0 Å². The third kappa shape index (κ3) is 4.06. The number of nitrogens with one attached hydrogen (secondary N) is 1. The second-order valence-electron chi connectivity index (χ2n) is 9.86. The van der Waals surface area contributed by atoms with Crippen molar-refractivity contribution in [1.29, 1.82) is 0 Å². The molecule has 7 nitrogen and oxygen atoms in total. The van der Waals surface area contributed by atoms with Crippen molar-refractivity contribution >= 4 is 35.3 Å². The number of amides is 4. The molecule has 7 heteroatoms. The van der Waals surface area contributed by atoms with E-state index in [-0.39, 0.29) is 11.1 Å². The predicted molar refractivity (Wildman–Crippen MR) is 133 cm³/mol. The maximum Gasteiger partial charge on any atom is 0.335 e. The Balaban J connectivity index is 1.72. The lowest BCUT2D eigenvalue weighted by Gasteiger charge is -2.50. The van der Waals surface area contributed by atoms with Crippen LogP contribution in [0.1, 0.15) is 58.1 Å². The number of barbiturate groups is 1. The smallest absolute Gasteiger partial charge is 0.335 e. The molecular weight excluding hydrogens is 430 g/mol. The first-order chi connectivity index (χ1) is 16.0. The lowest BCUT2D eigenvalue weighted by Crippen LogP contribution is -2.54. The molecule has 178 valence electrons. The number of hydrogen-bond donors (Lipinski definition) is 1. The molecule has 0 bridgehead atoms. The molecule has 0 aliphatic carbocycles. The van der Waals surface area contributed by atoms with Crippen molar-refractivity contribution in [3.05, 3.63) is 59.2 Å². The van der Waals surface area contributed by atoms with Crippen LogP contribution in [0, 0.1) is 0 Å². The third-order valence-electron chi connectivity index (χ3n) is 6.56. The van der Waals surface area contributed by atoms with E-state index in [1.807, 2.05) is 12.1 Å². The van der Waals surface area contributed by atoms with Gasteiger partial charge in [0, 0.05) is 17.3 Å². The zero-order valence-electron chi connectivity index (χ0n) is 20.5. The highest BCUT2D eigenvalue weighted by atomic mass is 16.5. The van der Waals surface area contributed by atoms with E-state index in [0.29, 0.717) is 23.4 Å². The molecule has 4 amide bonds. The molecule has 2 heterocycles. The minimum atomic E-state index is -0.772. The number of anilines is 2. The number of hydrogen-bond acceptors (Lipinski definition) is 5. The van der Waals surface area contributed by atoms with Gasteiger partial charge in [-0.2, -0.15) is 0 Å². The Morgan fingerprint density at radius 2 is 1.76 bits per heavy atom. The van der Waals surface area contributed by atoms with Crippen LogP contribution in [0.3, 0.4) is 0 Å². The number of nitrogens with zero attached hydrogens (tertiary/aromatic N) is 2. The number of rotatable bonds is 4. The van der Waals surface area contributed by atoms with Gasteiger partial charge in [0.25, 0.3) is 11.8 Å². The fraction of sp³-hybridized carbons (Fsp3) is 0.370. The Labute approximate surface area is 200 Å². The van der Waals surface area contributed by atoms with Crippen molar-refractivity contribution in [2.75, 3.05) is 16.9 Å². The van der Waals surface area contributed by atoms with Gasteiger partial charge in [-0.3, -0.25) is 14.9 Å². The summed E-state index contributed by atoms with van der Waals surface area (Å²) < 4.78 is 5.14. The first kappa shape index (κ1) is 23.5. The van der Waals surface area contributed by atoms with Crippen LogP contribution in [-0.2, 0) is 9.59 Å². The summed E-state index contributed by atoms with van der Waals surface area (Å²) in [4.78, 5) is 41.7. The third-order valence-corrected chi connectivity index (χ3v) is 6.56. The number of imide groups is 2. The molecule has 2 aliphatic rings. The minimum absolute atomic E-state index is 0.0268. The minimum Gasteiger partial charge on any atom is -0.497 e. The Morgan fingerprint density at radius 3 is 2.38 bits per heavy atom. The van der Waals surface area contributed by atoms with E-state index in [9.17, 15) is 14.4 Å². The molecular formula is C27H31N3O4. The van der Waals surface area contributed by atoms with Crippen LogP contribution in [-0.4, -0.2) is 36.5 Å². The second-order valence-corrected chi connectivity index (χ2v) is 9.86. The van der Waals surface area contributed by atoms with Gasteiger partial charge < -0.3 is 9.64 Å². The highest BCUT2D eigenvalue weighted by Crippen LogP contribution is 2.44. The van der Waals surface area contributed by atoms with Crippen LogP contribution in [0.15, 0.2) is 48.0 Å². The van der Waals surface area contributed by atoms with Crippen LogP contribution in [0.5, 0.6) is 5.75 Å². The number of fused-ring (bicyclic) bond motifs is 1. The van der Waals surface area contributed by atoms with Crippen molar-refractivity contribution in [2.45, 2.75) is 58.5 Å². The number of methoxy groups -OCH3 is 1. The summed E-state index contributed by atoms with van der Waals surface area (Å²) in [5, 5.41) is 2.28. The van der Waals surface area contributed by atoms with Gasteiger partial charge in [0.15, 0.2) is 0 Å². The van der Waals surface area contributed by atoms with Gasteiger partial charge in [-0.05, 0) is 93.6 Å². The number of urea groups is 1. The van der Waals surface area contributed by atoms with Crippen molar-refractivity contribution in [3.63, 3.8) is 0 Å². The zero-order chi connectivity index (χ0) is 24.8. The van der Waals surface area contributed by atoms with Crippen LogP contribution in [0.25, 0.3) is 6.08 Å². The summed E-state index contributed by atoms with van der Waals surface area (Å²) in [6.45, 7) is 11.1. The molecule has 2 aliphatic heterocycles. The van der Waals surface area contributed by atoms with Gasteiger partial charge in [0.1, 0.15) is 11.3 Å². The van der Waals surface area contributed by atoms with Crippen molar-refractivity contribution < 1.29 is 19.1 Å². The maximum atomic E-state index is 13.2. The molecule has 0 spiro atoms. The van der Waals surface area contributed by atoms with Crippen LogP contribution in [0.4, 0.5) is 16.2 Å². The van der Waals surface area contributed by atoms with Crippen molar-refractivity contribution in [1.82, 2.24) is 5.32 Å². The van der Waals surface area contributed by atoms with E-state index in [2.05, 4.69) is 50.9 Å². The standard InChI is InChI=1S/C27H31N3O4/c1-16(2)30-23-12-7-18(13-21(23)17(3)15-27(30,4)5)14-22-24(31)28-26(33)29(25(22)32)19-8-10-20(34-6)11-9-19/h7-14,16-17H,15H2,1-6H3,(H,28,31,33)/b22-14+/t17-/m0/s1. The van der Waals surface area contributed by atoms with Gasteiger partial charge in [-0.15, -0.1) is 0 Å². The molecule has 1 saturated heterocycles. The van der Waals surface area contributed by atoms with Gasteiger partial charge >= 0.3 is 6.03 Å². The topological polar surface area (TPSA) is 79.0 Å². The molecule has 1 fully saturated rings. The average Bonchev–Trinajstić information content (AvgIpc) is 2.76. The van der Waals surface area contributed by atoms with Gasteiger partial charge in [-0.25, -0.2) is 9.69 Å². The van der Waals surface area contributed by atoms with E-state index in [0.717, 1.165) is 16.9 Å². The predicted octanol–water partition coefficient (Wildman–Crippen LogP) is 4.86. The van der Waals surface area contributed by atoms with Crippen LogP contribution < -0.4 is 19.9 Å². The van der Waals surface area contributed by atoms with Crippen molar-refractivity contribution in [3.8, 4) is 5.75 Å². The monoisotopic (exact) mass is 461 g/mol. The summed E-state index contributed by atoms with van der Waals surface area (Å²) >= 11 is 0. The van der Waals surface area contributed by atoms with Gasteiger partial charge in [0.05, 0.1) is 12.8 Å². The molecule has 34 heavy (non-hydrogen) atoms. The number of carbonyl (C=O) groups excluding carboxylic acids is 3. The normalized spacial score (nSPS) is 21.1. The highest BCUT2D eigenvalue weighted by molar-refractivity contribution is 6.39. The average molecular weight is 462 g/mol. The van der Waals surface area contributed by atoms with E-state index >= 15 is 0 Å². The van der Waals surface area contributed by atoms with E-state index in [4.69, 9.17) is 4.74 Å². The highest BCUT2D eigenvalue weighted by Gasteiger charge is 2.39. The zero-order valence-corrected chi connectivity index (χ0v) is 20.5. The fourth-order valence-electron chi connectivity index (χ4n) is 5.33. The first-order valence-electron chi connectivity index (χ1n) is 11.5. The Hall–Kier alpha value is -3.61. The Kier molecular flexibility index (Phi) is 5.98. The molecule has 2 aromatic rings. The van der Waals surface area contributed by atoms with E-state index in [1.54, 1.807) is 30.3 Å². The van der Waals surface area contributed by atoms with E-state index < -0.39 is 17.8 Å². The van der Waals surface area contributed by atoms with Crippen LogP contribution in [0.2, 0.25) is 0 Å². The molecule has 0 radical (unpaired) electrons.